The van der Waals surface area contributed by atoms with Gasteiger partial charge in [0.1, 0.15) is 5.75 Å². The van der Waals surface area contributed by atoms with E-state index in [1.807, 2.05) is 0 Å². The fraction of sp³-hybridized carbons (Fsp3) is 0.0588. The standard InChI is InChI=1S/C17H15N3O5/c1-25-14-8-3-2-5-12(14)10-18-20-16(22)15(21)19-13-7-4-6-11(9-13)17(23)24/h2-10H,1H3,(H,19,21)(H,20,22)(H,23,24)/b18-10+. The number of carboxylic acid groups (broad SMARTS) is 1. The Morgan fingerprint density at radius 3 is 2.56 bits per heavy atom. The van der Waals surface area contributed by atoms with Crippen molar-refractivity contribution in [2.75, 3.05) is 12.4 Å². The Bertz CT molecular complexity index is 833. The lowest BCUT2D eigenvalue weighted by molar-refractivity contribution is -0.136. The van der Waals surface area contributed by atoms with E-state index in [0.717, 1.165) is 0 Å². The van der Waals surface area contributed by atoms with Gasteiger partial charge < -0.3 is 15.2 Å². The number of carbonyl (C=O) groups is 3. The summed E-state index contributed by atoms with van der Waals surface area (Å²) in [6.07, 6.45) is 1.34. The molecule has 0 atom stereocenters. The largest absolute Gasteiger partial charge is 0.496 e. The molecule has 0 radical (unpaired) electrons. The third kappa shape index (κ3) is 4.90. The van der Waals surface area contributed by atoms with Crippen LogP contribution in [0.3, 0.4) is 0 Å². The maximum atomic E-state index is 11.8. The minimum absolute atomic E-state index is 0.00704. The Kier molecular flexibility index (Phi) is 5.83. The molecule has 0 bridgehead atoms. The highest BCUT2D eigenvalue weighted by molar-refractivity contribution is 6.39. The van der Waals surface area contributed by atoms with Gasteiger partial charge in [-0.2, -0.15) is 5.10 Å². The molecule has 0 heterocycles. The second-order valence-electron chi connectivity index (χ2n) is 4.78. The molecule has 25 heavy (non-hydrogen) atoms. The molecular weight excluding hydrogens is 326 g/mol. The average Bonchev–Trinajstić information content (AvgIpc) is 2.62. The quantitative estimate of drug-likeness (QED) is 0.433. The molecule has 0 saturated carbocycles. The Morgan fingerprint density at radius 1 is 1.08 bits per heavy atom. The van der Waals surface area contributed by atoms with E-state index in [0.29, 0.717) is 11.3 Å². The van der Waals surface area contributed by atoms with Crippen molar-refractivity contribution in [2.24, 2.45) is 5.10 Å². The maximum Gasteiger partial charge on any atom is 0.335 e. The fourth-order valence-electron chi connectivity index (χ4n) is 1.90. The van der Waals surface area contributed by atoms with Crippen LogP contribution in [0.2, 0.25) is 0 Å². The van der Waals surface area contributed by atoms with Crippen LogP contribution in [0.1, 0.15) is 15.9 Å². The first-order chi connectivity index (χ1) is 12.0. The number of para-hydroxylation sites is 1. The first-order valence-corrected chi connectivity index (χ1v) is 7.12. The second kappa shape index (κ2) is 8.25. The van der Waals surface area contributed by atoms with Crippen LogP contribution in [-0.2, 0) is 9.59 Å². The molecular formula is C17H15N3O5. The van der Waals surface area contributed by atoms with E-state index in [1.54, 1.807) is 24.3 Å². The van der Waals surface area contributed by atoms with E-state index in [2.05, 4.69) is 15.8 Å². The molecule has 2 amide bonds. The van der Waals surface area contributed by atoms with E-state index in [4.69, 9.17) is 9.84 Å². The fourth-order valence-corrected chi connectivity index (χ4v) is 1.90. The van der Waals surface area contributed by atoms with Gasteiger partial charge in [0.15, 0.2) is 0 Å². The molecule has 128 valence electrons. The van der Waals surface area contributed by atoms with Crippen LogP contribution in [-0.4, -0.2) is 36.2 Å². The van der Waals surface area contributed by atoms with Gasteiger partial charge in [-0.25, -0.2) is 10.2 Å². The number of benzene rings is 2. The topological polar surface area (TPSA) is 117 Å². The van der Waals surface area contributed by atoms with Crippen molar-refractivity contribution in [2.45, 2.75) is 0 Å². The van der Waals surface area contributed by atoms with Crippen molar-refractivity contribution in [3.05, 3.63) is 59.7 Å². The smallest absolute Gasteiger partial charge is 0.335 e. The van der Waals surface area contributed by atoms with Crippen LogP contribution in [0, 0.1) is 0 Å². The highest BCUT2D eigenvalue weighted by atomic mass is 16.5. The zero-order chi connectivity index (χ0) is 18.2. The summed E-state index contributed by atoms with van der Waals surface area (Å²) in [5, 5.41) is 14.9. The van der Waals surface area contributed by atoms with Crippen molar-refractivity contribution in [1.29, 1.82) is 0 Å². The van der Waals surface area contributed by atoms with Crippen LogP contribution in [0.15, 0.2) is 53.6 Å². The number of hydrazone groups is 1. The summed E-state index contributed by atoms with van der Waals surface area (Å²) in [6, 6.07) is 12.5. The normalized spacial score (nSPS) is 10.3. The summed E-state index contributed by atoms with van der Waals surface area (Å²) in [5.41, 5.74) is 2.89. The van der Waals surface area contributed by atoms with Crippen LogP contribution in [0.25, 0.3) is 0 Å². The molecule has 0 fully saturated rings. The highest BCUT2D eigenvalue weighted by Gasteiger charge is 2.13. The van der Waals surface area contributed by atoms with Gasteiger partial charge in [-0.1, -0.05) is 18.2 Å². The number of aromatic carboxylic acids is 1. The van der Waals surface area contributed by atoms with Crippen LogP contribution in [0.4, 0.5) is 5.69 Å². The first kappa shape index (κ1) is 17.7. The molecule has 3 N–H and O–H groups in total. The van der Waals surface area contributed by atoms with Gasteiger partial charge in [0.05, 0.1) is 18.9 Å². The van der Waals surface area contributed by atoms with Crippen LogP contribution < -0.4 is 15.5 Å². The molecule has 0 aromatic heterocycles. The van der Waals surface area contributed by atoms with Crippen molar-refractivity contribution in [3.63, 3.8) is 0 Å². The molecule has 0 aliphatic rings. The van der Waals surface area contributed by atoms with Crippen LogP contribution in [0.5, 0.6) is 5.75 Å². The number of carbonyl (C=O) groups excluding carboxylic acids is 2. The number of methoxy groups -OCH3 is 1. The third-order valence-electron chi connectivity index (χ3n) is 3.08. The summed E-state index contributed by atoms with van der Waals surface area (Å²) in [5.74, 6) is -2.54. The number of nitrogens with zero attached hydrogens (tertiary/aromatic N) is 1. The molecule has 2 aromatic rings. The summed E-state index contributed by atoms with van der Waals surface area (Å²) >= 11 is 0. The monoisotopic (exact) mass is 341 g/mol. The molecule has 0 saturated heterocycles. The molecule has 0 unspecified atom stereocenters. The van der Waals surface area contributed by atoms with Gasteiger partial charge in [0.2, 0.25) is 0 Å². The minimum atomic E-state index is -1.14. The maximum absolute atomic E-state index is 11.8. The van der Waals surface area contributed by atoms with Crippen molar-refractivity contribution < 1.29 is 24.2 Å². The zero-order valence-electron chi connectivity index (χ0n) is 13.2. The summed E-state index contributed by atoms with van der Waals surface area (Å²) in [6.45, 7) is 0. The third-order valence-corrected chi connectivity index (χ3v) is 3.08. The van der Waals surface area contributed by atoms with Gasteiger partial charge in [-0.05, 0) is 30.3 Å². The van der Waals surface area contributed by atoms with Crippen LogP contribution >= 0.6 is 0 Å². The lowest BCUT2D eigenvalue weighted by Crippen LogP contribution is -2.32. The number of carboxylic acids is 1. The van der Waals surface area contributed by atoms with E-state index < -0.39 is 17.8 Å². The summed E-state index contributed by atoms with van der Waals surface area (Å²) in [4.78, 5) is 34.4. The molecule has 8 nitrogen and oxygen atoms in total. The van der Waals surface area contributed by atoms with Gasteiger partial charge in [0.25, 0.3) is 0 Å². The molecule has 2 rings (SSSR count). The van der Waals surface area contributed by atoms with Crippen molar-refractivity contribution in [3.8, 4) is 5.75 Å². The van der Waals surface area contributed by atoms with E-state index >= 15 is 0 Å². The molecule has 0 spiro atoms. The number of hydrogen-bond donors (Lipinski definition) is 3. The number of nitrogens with one attached hydrogen (secondary N) is 2. The lowest BCUT2D eigenvalue weighted by atomic mass is 10.2. The molecule has 0 aliphatic carbocycles. The Hall–Kier alpha value is -3.68. The van der Waals surface area contributed by atoms with E-state index in [1.165, 1.54) is 37.6 Å². The van der Waals surface area contributed by atoms with Gasteiger partial charge >= 0.3 is 17.8 Å². The minimum Gasteiger partial charge on any atom is -0.496 e. The average molecular weight is 341 g/mol. The number of anilines is 1. The predicted octanol–water partition coefficient (Wildman–Crippen LogP) is 1.48. The molecule has 2 aromatic carbocycles. The Balaban J connectivity index is 1.96. The number of ether oxygens (including phenoxy) is 1. The number of hydrogen-bond acceptors (Lipinski definition) is 5. The SMILES string of the molecule is COc1ccccc1/C=N/NC(=O)C(=O)Nc1cccc(C(=O)O)c1. The first-order valence-electron chi connectivity index (χ1n) is 7.12. The van der Waals surface area contributed by atoms with Crippen molar-refractivity contribution >= 4 is 29.7 Å². The van der Waals surface area contributed by atoms with Crippen molar-refractivity contribution in [1.82, 2.24) is 5.43 Å². The van der Waals surface area contributed by atoms with Gasteiger partial charge in [-0.15, -0.1) is 0 Å². The Labute approximate surface area is 143 Å². The summed E-state index contributed by atoms with van der Waals surface area (Å²) < 4.78 is 5.13. The zero-order valence-corrected chi connectivity index (χ0v) is 13.2. The van der Waals surface area contributed by atoms with Gasteiger partial charge in [0, 0.05) is 11.3 Å². The van der Waals surface area contributed by atoms with E-state index in [-0.39, 0.29) is 11.3 Å². The van der Waals surface area contributed by atoms with Gasteiger partial charge in [-0.3, -0.25) is 9.59 Å². The Morgan fingerprint density at radius 2 is 1.84 bits per heavy atom. The second-order valence-corrected chi connectivity index (χ2v) is 4.78. The molecule has 0 aliphatic heterocycles. The predicted molar refractivity (Wildman–Crippen MR) is 90.8 cm³/mol. The highest BCUT2D eigenvalue weighted by Crippen LogP contribution is 2.14. The van der Waals surface area contributed by atoms with E-state index in [9.17, 15) is 14.4 Å². The lowest BCUT2D eigenvalue weighted by Gasteiger charge is -2.05. The number of amides is 2. The number of rotatable bonds is 5. The summed E-state index contributed by atoms with van der Waals surface area (Å²) in [7, 11) is 1.50. The molecule has 8 heteroatoms.